The van der Waals surface area contributed by atoms with Gasteiger partial charge in [-0.3, -0.25) is 4.79 Å². The fourth-order valence-electron chi connectivity index (χ4n) is 4.16. The van der Waals surface area contributed by atoms with Crippen LogP contribution in [0.4, 0.5) is 5.82 Å². The van der Waals surface area contributed by atoms with E-state index in [0.29, 0.717) is 0 Å². The summed E-state index contributed by atoms with van der Waals surface area (Å²) in [6.07, 6.45) is 10.4. The van der Waals surface area contributed by atoms with E-state index in [1.807, 2.05) is 30.8 Å². The molecule has 1 saturated heterocycles. The second-order valence-corrected chi connectivity index (χ2v) is 7.62. The van der Waals surface area contributed by atoms with Crippen LogP contribution in [-0.4, -0.2) is 39.6 Å². The molecular formula is C19H27N5O. The fraction of sp³-hybridized carbons (Fsp3) is 0.632. The first kappa shape index (κ1) is 16.4. The quantitative estimate of drug-likeness (QED) is 0.931. The van der Waals surface area contributed by atoms with Gasteiger partial charge in [-0.2, -0.15) is 5.10 Å². The summed E-state index contributed by atoms with van der Waals surface area (Å²) in [5.74, 6) is 1.21. The number of hydrogen-bond acceptors (Lipinski definition) is 4. The first-order chi connectivity index (χ1) is 12.1. The van der Waals surface area contributed by atoms with Gasteiger partial charge in [-0.25, -0.2) is 9.50 Å². The molecule has 6 nitrogen and oxygen atoms in total. The number of amides is 1. The van der Waals surface area contributed by atoms with Crippen molar-refractivity contribution < 1.29 is 4.79 Å². The second kappa shape index (κ2) is 6.65. The van der Waals surface area contributed by atoms with E-state index in [-0.39, 0.29) is 17.9 Å². The van der Waals surface area contributed by atoms with Crippen molar-refractivity contribution in [2.75, 3.05) is 18.0 Å². The lowest BCUT2D eigenvalue weighted by atomic mass is 9.95. The third kappa shape index (κ3) is 3.10. The molecule has 0 unspecified atom stereocenters. The molecule has 3 heterocycles. The average molecular weight is 341 g/mol. The molecule has 2 aromatic heterocycles. The molecule has 1 amide bonds. The minimum absolute atomic E-state index is 0.0388. The lowest BCUT2D eigenvalue weighted by molar-refractivity contribution is -0.125. The molecule has 1 N–H and O–H groups in total. The lowest BCUT2D eigenvalue weighted by Crippen LogP contribution is -2.45. The van der Waals surface area contributed by atoms with Gasteiger partial charge in [-0.1, -0.05) is 0 Å². The maximum absolute atomic E-state index is 12.5. The van der Waals surface area contributed by atoms with Crippen molar-refractivity contribution in [2.24, 2.45) is 5.92 Å². The van der Waals surface area contributed by atoms with Gasteiger partial charge in [0.2, 0.25) is 5.91 Å². The SMILES string of the molecule is CC(C)NC(=O)[C@H]1CCCN(c2nccn3nc4c(c23)CCCC4)C1. The Labute approximate surface area is 148 Å². The molecule has 1 aliphatic heterocycles. The van der Waals surface area contributed by atoms with Crippen LogP contribution in [-0.2, 0) is 17.6 Å². The molecule has 1 fully saturated rings. The van der Waals surface area contributed by atoms with E-state index in [0.717, 1.165) is 50.1 Å². The average Bonchev–Trinajstić information content (AvgIpc) is 3.00. The molecule has 25 heavy (non-hydrogen) atoms. The molecular weight excluding hydrogens is 314 g/mol. The van der Waals surface area contributed by atoms with Crippen molar-refractivity contribution >= 4 is 17.2 Å². The zero-order chi connectivity index (χ0) is 17.4. The number of anilines is 1. The molecule has 1 atom stereocenters. The van der Waals surface area contributed by atoms with E-state index in [4.69, 9.17) is 10.1 Å². The summed E-state index contributed by atoms with van der Waals surface area (Å²) in [6.45, 7) is 5.72. The molecule has 0 bridgehead atoms. The number of piperidine rings is 1. The van der Waals surface area contributed by atoms with E-state index in [1.54, 1.807) is 0 Å². The molecule has 4 rings (SSSR count). The van der Waals surface area contributed by atoms with Gasteiger partial charge in [0.05, 0.1) is 11.6 Å². The van der Waals surface area contributed by atoms with Crippen LogP contribution in [0, 0.1) is 5.92 Å². The number of fused-ring (bicyclic) bond motifs is 3. The number of nitrogens with one attached hydrogen (secondary N) is 1. The molecule has 0 radical (unpaired) electrons. The van der Waals surface area contributed by atoms with E-state index in [9.17, 15) is 4.79 Å². The molecule has 1 aliphatic carbocycles. The number of carbonyl (C=O) groups excluding carboxylic acids is 1. The normalized spacial score (nSPS) is 20.8. The second-order valence-electron chi connectivity index (χ2n) is 7.62. The highest BCUT2D eigenvalue weighted by molar-refractivity contribution is 5.81. The minimum Gasteiger partial charge on any atom is -0.354 e. The Hall–Kier alpha value is -2.11. The van der Waals surface area contributed by atoms with Crippen LogP contribution in [0.5, 0.6) is 0 Å². The van der Waals surface area contributed by atoms with Crippen LogP contribution in [0.1, 0.15) is 50.8 Å². The number of carbonyl (C=O) groups is 1. The van der Waals surface area contributed by atoms with Crippen molar-refractivity contribution in [3.8, 4) is 0 Å². The van der Waals surface area contributed by atoms with Crippen LogP contribution in [0.2, 0.25) is 0 Å². The van der Waals surface area contributed by atoms with Crippen LogP contribution in [0.3, 0.4) is 0 Å². The van der Waals surface area contributed by atoms with E-state index in [2.05, 4.69) is 10.2 Å². The topological polar surface area (TPSA) is 62.5 Å². The molecule has 0 saturated carbocycles. The third-order valence-electron chi connectivity index (χ3n) is 5.32. The maximum atomic E-state index is 12.5. The Balaban J connectivity index is 1.65. The van der Waals surface area contributed by atoms with Gasteiger partial charge in [0.1, 0.15) is 5.52 Å². The van der Waals surface area contributed by atoms with Crippen LogP contribution < -0.4 is 10.2 Å². The van der Waals surface area contributed by atoms with E-state index < -0.39 is 0 Å². The van der Waals surface area contributed by atoms with Gasteiger partial charge in [0.15, 0.2) is 5.82 Å². The van der Waals surface area contributed by atoms with Crippen molar-refractivity contribution in [2.45, 2.75) is 58.4 Å². The zero-order valence-electron chi connectivity index (χ0n) is 15.2. The van der Waals surface area contributed by atoms with Crippen molar-refractivity contribution in [3.05, 3.63) is 23.7 Å². The summed E-state index contributed by atoms with van der Waals surface area (Å²) < 4.78 is 2.00. The highest BCUT2D eigenvalue weighted by Crippen LogP contribution is 2.32. The zero-order valence-corrected chi connectivity index (χ0v) is 15.2. The molecule has 0 spiro atoms. The minimum atomic E-state index is 0.0388. The van der Waals surface area contributed by atoms with Gasteiger partial charge < -0.3 is 10.2 Å². The number of rotatable bonds is 3. The number of aryl methyl sites for hydroxylation is 2. The van der Waals surface area contributed by atoms with Gasteiger partial charge in [0, 0.05) is 37.1 Å². The molecule has 134 valence electrons. The van der Waals surface area contributed by atoms with Crippen LogP contribution in [0.25, 0.3) is 5.52 Å². The number of aromatic nitrogens is 3. The highest BCUT2D eigenvalue weighted by Gasteiger charge is 2.29. The predicted molar refractivity (Wildman–Crippen MR) is 97.8 cm³/mol. The van der Waals surface area contributed by atoms with Gasteiger partial charge in [0.25, 0.3) is 0 Å². The van der Waals surface area contributed by atoms with Gasteiger partial charge in [-0.15, -0.1) is 0 Å². The van der Waals surface area contributed by atoms with Gasteiger partial charge in [-0.05, 0) is 52.4 Å². The summed E-state index contributed by atoms with van der Waals surface area (Å²) in [5.41, 5.74) is 3.75. The monoisotopic (exact) mass is 341 g/mol. The summed E-state index contributed by atoms with van der Waals surface area (Å²) in [5, 5.41) is 7.84. The van der Waals surface area contributed by atoms with Gasteiger partial charge >= 0.3 is 0 Å². The first-order valence-electron chi connectivity index (χ1n) is 9.54. The Kier molecular flexibility index (Phi) is 4.36. The summed E-state index contributed by atoms with van der Waals surface area (Å²) in [7, 11) is 0. The molecule has 0 aromatic carbocycles. The third-order valence-corrected chi connectivity index (χ3v) is 5.32. The van der Waals surface area contributed by atoms with E-state index in [1.165, 1.54) is 24.1 Å². The maximum Gasteiger partial charge on any atom is 0.225 e. The van der Waals surface area contributed by atoms with Crippen molar-refractivity contribution in [1.82, 2.24) is 19.9 Å². The Morgan fingerprint density at radius 1 is 1.28 bits per heavy atom. The molecule has 2 aliphatic rings. The fourth-order valence-corrected chi connectivity index (χ4v) is 4.16. The van der Waals surface area contributed by atoms with E-state index >= 15 is 0 Å². The standard InChI is InChI=1S/C19H27N5O/c1-13(2)21-19(25)14-6-5-10-23(12-14)18-17-15-7-3-4-8-16(15)22-24(17)11-9-20-18/h9,11,13-14H,3-8,10,12H2,1-2H3,(H,21,25)/t14-/m0/s1. The van der Waals surface area contributed by atoms with Crippen LogP contribution in [0.15, 0.2) is 12.4 Å². The first-order valence-corrected chi connectivity index (χ1v) is 9.54. The summed E-state index contributed by atoms with van der Waals surface area (Å²) in [6, 6.07) is 0.186. The highest BCUT2D eigenvalue weighted by atomic mass is 16.2. The summed E-state index contributed by atoms with van der Waals surface area (Å²) in [4.78, 5) is 19.4. The summed E-state index contributed by atoms with van der Waals surface area (Å²) >= 11 is 0. The molecule has 2 aromatic rings. The largest absolute Gasteiger partial charge is 0.354 e. The lowest BCUT2D eigenvalue weighted by Gasteiger charge is -2.33. The number of nitrogens with zero attached hydrogens (tertiary/aromatic N) is 4. The van der Waals surface area contributed by atoms with Crippen LogP contribution >= 0.6 is 0 Å². The Morgan fingerprint density at radius 3 is 2.96 bits per heavy atom. The smallest absolute Gasteiger partial charge is 0.225 e. The molecule has 6 heteroatoms. The van der Waals surface area contributed by atoms with Crippen molar-refractivity contribution in [1.29, 1.82) is 0 Å². The Bertz CT molecular complexity index is 781. The predicted octanol–water partition coefficient (Wildman–Crippen LogP) is 2.35. The van der Waals surface area contributed by atoms with Crippen molar-refractivity contribution in [3.63, 3.8) is 0 Å². The Morgan fingerprint density at radius 2 is 2.12 bits per heavy atom. The number of hydrogen-bond donors (Lipinski definition) is 1.